The third-order valence-corrected chi connectivity index (χ3v) is 2.10. The van der Waals surface area contributed by atoms with E-state index in [1.165, 1.54) is 19.3 Å². The number of benzene rings is 1. The Morgan fingerprint density at radius 1 is 1.47 bits per heavy atom. The standard InChI is InChI=1S/C12H16N4O3/c1-3-19-12(18)9-4-5-10(16-8(2)17)11(6-9)14-7-15-13/h4-7H,3,13H2,1-2H3,(H,14,15)(H,16,17). The number of hydrazine groups is 1. The van der Waals surface area contributed by atoms with Crippen molar-refractivity contribution < 1.29 is 14.3 Å². The van der Waals surface area contributed by atoms with Crippen molar-refractivity contribution in [3.8, 4) is 0 Å². The molecule has 0 unspecified atom stereocenters. The molecule has 19 heavy (non-hydrogen) atoms. The lowest BCUT2D eigenvalue weighted by molar-refractivity contribution is -0.114. The molecular formula is C12H16N4O3. The molecule has 4 N–H and O–H groups in total. The van der Waals surface area contributed by atoms with Crippen LogP contribution in [0.1, 0.15) is 24.2 Å². The zero-order chi connectivity index (χ0) is 14.3. The quantitative estimate of drug-likeness (QED) is 0.241. The summed E-state index contributed by atoms with van der Waals surface area (Å²) in [7, 11) is 0. The van der Waals surface area contributed by atoms with Crippen LogP contribution in [0, 0.1) is 0 Å². The van der Waals surface area contributed by atoms with E-state index in [1.807, 2.05) is 0 Å². The van der Waals surface area contributed by atoms with E-state index < -0.39 is 5.97 Å². The largest absolute Gasteiger partial charge is 0.462 e. The maximum atomic E-state index is 11.6. The van der Waals surface area contributed by atoms with Gasteiger partial charge in [-0.1, -0.05) is 0 Å². The lowest BCUT2D eigenvalue weighted by Gasteiger charge is -2.08. The van der Waals surface area contributed by atoms with E-state index in [-0.39, 0.29) is 12.5 Å². The number of carbonyl (C=O) groups is 2. The first-order chi connectivity index (χ1) is 9.08. The Morgan fingerprint density at radius 3 is 2.79 bits per heavy atom. The number of nitrogens with zero attached hydrogens (tertiary/aromatic N) is 1. The number of nitrogens with two attached hydrogens (primary N) is 1. The molecular weight excluding hydrogens is 248 g/mol. The van der Waals surface area contributed by atoms with Gasteiger partial charge in [-0.2, -0.15) is 0 Å². The van der Waals surface area contributed by atoms with Gasteiger partial charge in [-0.15, -0.1) is 0 Å². The predicted octanol–water partition coefficient (Wildman–Crippen LogP) is 0.945. The Bertz CT molecular complexity index is 500. The zero-order valence-electron chi connectivity index (χ0n) is 10.8. The van der Waals surface area contributed by atoms with E-state index in [2.05, 4.69) is 15.7 Å². The van der Waals surface area contributed by atoms with Crippen LogP contribution in [0.5, 0.6) is 0 Å². The van der Waals surface area contributed by atoms with Crippen LogP contribution in [-0.2, 0) is 9.53 Å². The summed E-state index contributed by atoms with van der Waals surface area (Å²) in [5.41, 5.74) is 3.48. The second kappa shape index (κ2) is 7.12. The molecule has 0 aliphatic heterocycles. The first kappa shape index (κ1) is 14.7. The van der Waals surface area contributed by atoms with E-state index >= 15 is 0 Å². The number of rotatable bonds is 5. The molecule has 0 fully saturated rings. The molecule has 0 heterocycles. The van der Waals surface area contributed by atoms with Gasteiger partial charge in [0.1, 0.15) is 6.34 Å². The van der Waals surface area contributed by atoms with Gasteiger partial charge < -0.3 is 15.5 Å². The second-order valence-electron chi connectivity index (χ2n) is 3.56. The van der Waals surface area contributed by atoms with Crippen molar-refractivity contribution in [2.45, 2.75) is 13.8 Å². The topological polar surface area (TPSA) is 106 Å². The molecule has 0 spiro atoms. The first-order valence-electron chi connectivity index (χ1n) is 5.66. The van der Waals surface area contributed by atoms with Gasteiger partial charge >= 0.3 is 5.97 Å². The summed E-state index contributed by atoms with van der Waals surface area (Å²) in [6.45, 7) is 3.39. The van der Waals surface area contributed by atoms with Crippen LogP contribution in [0.3, 0.4) is 0 Å². The van der Waals surface area contributed by atoms with Gasteiger partial charge in [0.15, 0.2) is 0 Å². The van der Waals surface area contributed by atoms with Crippen LogP contribution in [0.2, 0.25) is 0 Å². The number of esters is 1. The molecule has 7 nitrogen and oxygen atoms in total. The highest BCUT2D eigenvalue weighted by Gasteiger charge is 2.10. The van der Waals surface area contributed by atoms with Crippen molar-refractivity contribution in [1.82, 2.24) is 5.43 Å². The van der Waals surface area contributed by atoms with Crippen LogP contribution >= 0.6 is 0 Å². The number of anilines is 1. The monoisotopic (exact) mass is 264 g/mol. The van der Waals surface area contributed by atoms with Crippen LogP contribution in [0.25, 0.3) is 0 Å². The fourth-order valence-corrected chi connectivity index (χ4v) is 1.38. The van der Waals surface area contributed by atoms with Crippen LogP contribution < -0.4 is 16.6 Å². The molecule has 1 rings (SSSR count). The van der Waals surface area contributed by atoms with Crippen LogP contribution in [0.4, 0.5) is 11.4 Å². The van der Waals surface area contributed by atoms with Crippen molar-refractivity contribution >= 4 is 29.6 Å². The normalized spacial score (nSPS) is 10.3. The predicted molar refractivity (Wildman–Crippen MR) is 72.2 cm³/mol. The number of aliphatic imine (C=N–C) groups is 1. The lowest BCUT2D eigenvalue weighted by atomic mass is 10.1. The van der Waals surface area contributed by atoms with Crippen molar-refractivity contribution in [2.24, 2.45) is 10.8 Å². The summed E-state index contributed by atoms with van der Waals surface area (Å²) < 4.78 is 4.89. The molecule has 1 amide bonds. The van der Waals surface area contributed by atoms with Gasteiger partial charge in [0.05, 0.1) is 23.5 Å². The maximum absolute atomic E-state index is 11.6. The fraction of sp³-hybridized carbons (Fsp3) is 0.250. The molecule has 0 atom stereocenters. The van der Waals surface area contributed by atoms with Gasteiger partial charge in [-0.3, -0.25) is 4.79 Å². The van der Waals surface area contributed by atoms with Gasteiger partial charge in [-0.05, 0) is 25.1 Å². The minimum atomic E-state index is -0.450. The SMILES string of the molecule is CCOC(=O)c1ccc(NC(C)=O)c(N=CNN)c1. The molecule has 0 aliphatic carbocycles. The summed E-state index contributed by atoms with van der Waals surface area (Å²) in [6.07, 6.45) is 1.25. The molecule has 0 aromatic heterocycles. The summed E-state index contributed by atoms with van der Waals surface area (Å²) in [5, 5.41) is 2.61. The van der Waals surface area contributed by atoms with Crippen molar-refractivity contribution in [3.05, 3.63) is 23.8 Å². The summed E-state index contributed by atoms with van der Waals surface area (Å²) in [5.74, 6) is 4.41. The third kappa shape index (κ3) is 4.40. The van der Waals surface area contributed by atoms with E-state index in [4.69, 9.17) is 10.6 Å². The Kier molecular flexibility index (Phi) is 5.49. The average Bonchev–Trinajstić information content (AvgIpc) is 2.37. The van der Waals surface area contributed by atoms with Crippen molar-refractivity contribution in [2.75, 3.05) is 11.9 Å². The fourth-order valence-electron chi connectivity index (χ4n) is 1.38. The van der Waals surface area contributed by atoms with E-state index in [0.29, 0.717) is 16.9 Å². The molecule has 1 aromatic rings. The Labute approximate surface area is 110 Å². The summed E-state index contributed by atoms with van der Waals surface area (Å²) >= 11 is 0. The maximum Gasteiger partial charge on any atom is 0.338 e. The van der Waals surface area contributed by atoms with Gasteiger partial charge in [-0.25, -0.2) is 15.6 Å². The minimum Gasteiger partial charge on any atom is -0.462 e. The highest BCUT2D eigenvalue weighted by atomic mass is 16.5. The smallest absolute Gasteiger partial charge is 0.338 e. The molecule has 0 saturated carbocycles. The number of hydrogen-bond acceptors (Lipinski definition) is 5. The zero-order valence-corrected chi connectivity index (χ0v) is 10.8. The van der Waals surface area contributed by atoms with Crippen molar-refractivity contribution in [1.29, 1.82) is 0 Å². The van der Waals surface area contributed by atoms with Crippen LogP contribution in [-0.4, -0.2) is 24.8 Å². The number of carbonyl (C=O) groups excluding carboxylic acids is 2. The van der Waals surface area contributed by atoms with Crippen molar-refractivity contribution in [3.63, 3.8) is 0 Å². The molecule has 0 aliphatic rings. The lowest BCUT2D eigenvalue weighted by Crippen LogP contribution is -2.18. The number of nitrogens with one attached hydrogen (secondary N) is 2. The Hall–Kier alpha value is -2.41. The van der Waals surface area contributed by atoms with E-state index in [0.717, 1.165) is 0 Å². The second-order valence-corrected chi connectivity index (χ2v) is 3.56. The third-order valence-electron chi connectivity index (χ3n) is 2.10. The van der Waals surface area contributed by atoms with E-state index in [1.54, 1.807) is 19.1 Å². The van der Waals surface area contributed by atoms with Gasteiger partial charge in [0.25, 0.3) is 0 Å². The number of ether oxygens (including phenoxy) is 1. The van der Waals surface area contributed by atoms with Crippen LogP contribution in [0.15, 0.2) is 23.2 Å². The highest BCUT2D eigenvalue weighted by molar-refractivity contribution is 5.96. The Balaban J connectivity index is 3.10. The number of amides is 1. The molecule has 0 radical (unpaired) electrons. The highest BCUT2D eigenvalue weighted by Crippen LogP contribution is 2.26. The molecule has 0 bridgehead atoms. The van der Waals surface area contributed by atoms with Gasteiger partial charge in [0, 0.05) is 6.92 Å². The minimum absolute atomic E-state index is 0.235. The Morgan fingerprint density at radius 2 is 2.21 bits per heavy atom. The van der Waals surface area contributed by atoms with E-state index in [9.17, 15) is 9.59 Å². The molecule has 0 saturated heterocycles. The first-order valence-corrected chi connectivity index (χ1v) is 5.66. The molecule has 102 valence electrons. The summed E-state index contributed by atoms with van der Waals surface area (Å²) in [6, 6.07) is 4.64. The molecule has 1 aromatic carbocycles. The average molecular weight is 264 g/mol. The summed E-state index contributed by atoms with van der Waals surface area (Å²) in [4.78, 5) is 26.7. The molecule has 7 heteroatoms. The number of hydrogen-bond donors (Lipinski definition) is 3. The van der Waals surface area contributed by atoms with Gasteiger partial charge in [0.2, 0.25) is 5.91 Å².